The number of hydrogen-bond acceptors (Lipinski definition) is 4. The molecule has 0 saturated heterocycles. The number of hydrogen-bond donors (Lipinski definition) is 2. The molecule has 0 radical (unpaired) electrons. The molecule has 21 heavy (non-hydrogen) atoms. The Morgan fingerprint density at radius 1 is 1.33 bits per heavy atom. The molecule has 2 aromatic rings. The van der Waals surface area contributed by atoms with Crippen molar-refractivity contribution in [2.75, 3.05) is 12.4 Å². The molecule has 5 nitrogen and oxygen atoms in total. The summed E-state index contributed by atoms with van der Waals surface area (Å²) in [6.45, 7) is 0.000379. The lowest BCUT2D eigenvalue weighted by Gasteiger charge is -2.10. The summed E-state index contributed by atoms with van der Waals surface area (Å²) in [6.07, 6.45) is 2.75. The maximum atomic E-state index is 13.0. The molecule has 1 aromatic carbocycles. The molecule has 2 rings (SSSR count). The van der Waals surface area contributed by atoms with E-state index in [0.717, 1.165) is 0 Å². The highest BCUT2D eigenvalue weighted by molar-refractivity contribution is 7.89. The van der Waals surface area contributed by atoms with Crippen molar-refractivity contribution < 1.29 is 12.8 Å². The van der Waals surface area contributed by atoms with Gasteiger partial charge in [0.1, 0.15) is 10.7 Å². The fourth-order valence-electron chi connectivity index (χ4n) is 1.71. The first-order chi connectivity index (χ1) is 9.94. The van der Waals surface area contributed by atoms with Crippen molar-refractivity contribution in [2.45, 2.75) is 11.4 Å². The Morgan fingerprint density at radius 3 is 2.76 bits per heavy atom. The zero-order valence-electron chi connectivity index (χ0n) is 11.1. The fraction of sp³-hybridized carbons (Fsp3) is 0.154. The van der Waals surface area contributed by atoms with Gasteiger partial charge in [0.25, 0.3) is 0 Å². The third kappa shape index (κ3) is 3.69. The lowest BCUT2D eigenvalue weighted by molar-refractivity contribution is 0.581. The highest BCUT2D eigenvalue weighted by Crippen LogP contribution is 2.20. The van der Waals surface area contributed by atoms with Gasteiger partial charge in [-0.15, -0.1) is 0 Å². The van der Waals surface area contributed by atoms with E-state index in [4.69, 9.17) is 11.6 Å². The van der Waals surface area contributed by atoms with Gasteiger partial charge in [0.05, 0.1) is 10.7 Å². The molecule has 1 aromatic heterocycles. The van der Waals surface area contributed by atoms with Crippen LogP contribution in [-0.2, 0) is 16.6 Å². The monoisotopic (exact) mass is 329 g/mol. The van der Waals surface area contributed by atoms with Crippen LogP contribution in [-0.4, -0.2) is 20.4 Å². The molecule has 0 amide bonds. The van der Waals surface area contributed by atoms with Crippen LogP contribution in [0.1, 0.15) is 5.56 Å². The van der Waals surface area contributed by atoms with Gasteiger partial charge in [-0.3, -0.25) is 4.98 Å². The summed E-state index contributed by atoms with van der Waals surface area (Å²) in [5, 5.41) is 2.73. The van der Waals surface area contributed by atoms with Gasteiger partial charge in [0, 0.05) is 26.0 Å². The predicted molar refractivity (Wildman–Crippen MR) is 79.2 cm³/mol. The van der Waals surface area contributed by atoms with Crippen molar-refractivity contribution in [1.29, 1.82) is 0 Å². The number of nitrogens with one attached hydrogen (secondary N) is 2. The first kappa shape index (κ1) is 15.7. The van der Waals surface area contributed by atoms with E-state index in [2.05, 4.69) is 15.0 Å². The van der Waals surface area contributed by atoms with Crippen molar-refractivity contribution in [3.05, 3.63) is 53.1 Å². The van der Waals surface area contributed by atoms with E-state index in [1.807, 2.05) is 0 Å². The average Bonchev–Trinajstić information content (AvgIpc) is 2.48. The van der Waals surface area contributed by atoms with Crippen LogP contribution in [0.2, 0.25) is 5.02 Å². The van der Waals surface area contributed by atoms with E-state index in [9.17, 15) is 12.8 Å². The van der Waals surface area contributed by atoms with E-state index in [-0.39, 0.29) is 16.5 Å². The SMILES string of the molecule is CNc1ccncc1S(=O)(=O)NCc1ccc(F)c(Cl)c1. The van der Waals surface area contributed by atoms with Crippen molar-refractivity contribution in [3.63, 3.8) is 0 Å². The molecule has 0 atom stereocenters. The van der Waals surface area contributed by atoms with Crippen molar-refractivity contribution in [3.8, 4) is 0 Å². The Labute approximate surface area is 127 Å². The van der Waals surface area contributed by atoms with Gasteiger partial charge in [-0.1, -0.05) is 17.7 Å². The fourth-order valence-corrected chi connectivity index (χ4v) is 3.08. The van der Waals surface area contributed by atoms with Gasteiger partial charge in [0.15, 0.2) is 0 Å². The molecule has 2 N–H and O–H groups in total. The number of nitrogens with zero attached hydrogens (tertiary/aromatic N) is 1. The summed E-state index contributed by atoms with van der Waals surface area (Å²) in [4.78, 5) is 3.85. The molecule has 8 heteroatoms. The van der Waals surface area contributed by atoms with E-state index in [1.165, 1.54) is 30.6 Å². The molecule has 0 aliphatic carbocycles. The smallest absolute Gasteiger partial charge is 0.244 e. The van der Waals surface area contributed by atoms with Crippen molar-refractivity contribution in [2.24, 2.45) is 0 Å². The van der Waals surface area contributed by atoms with Gasteiger partial charge in [-0.2, -0.15) is 0 Å². The Kier molecular flexibility index (Phi) is 4.76. The summed E-state index contributed by atoms with van der Waals surface area (Å²) >= 11 is 5.66. The van der Waals surface area contributed by atoms with Crippen LogP contribution in [0.5, 0.6) is 0 Å². The molecule has 112 valence electrons. The average molecular weight is 330 g/mol. The molecular weight excluding hydrogens is 317 g/mol. The summed E-state index contributed by atoms with van der Waals surface area (Å²) in [7, 11) is -2.12. The lowest BCUT2D eigenvalue weighted by atomic mass is 10.2. The molecule has 1 heterocycles. The molecule has 0 unspecified atom stereocenters. The first-order valence-electron chi connectivity index (χ1n) is 5.99. The number of anilines is 1. The van der Waals surface area contributed by atoms with E-state index >= 15 is 0 Å². The van der Waals surface area contributed by atoms with Crippen LogP contribution in [0.15, 0.2) is 41.6 Å². The molecule has 0 aliphatic heterocycles. The first-order valence-corrected chi connectivity index (χ1v) is 7.85. The maximum Gasteiger partial charge on any atom is 0.244 e. The predicted octanol–water partition coefficient (Wildman–Crippen LogP) is 2.39. The van der Waals surface area contributed by atoms with E-state index in [0.29, 0.717) is 11.3 Å². The highest BCUT2D eigenvalue weighted by Gasteiger charge is 2.18. The van der Waals surface area contributed by atoms with Crippen LogP contribution >= 0.6 is 11.6 Å². The van der Waals surface area contributed by atoms with Gasteiger partial charge in [0.2, 0.25) is 10.0 Å². The third-order valence-corrected chi connectivity index (χ3v) is 4.51. The van der Waals surface area contributed by atoms with E-state index in [1.54, 1.807) is 13.1 Å². The van der Waals surface area contributed by atoms with Crippen LogP contribution in [0.25, 0.3) is 0 Å². The van der Waals surface area contributed by atoms with Crippen LogP contribution < -0.4 is 10.0 Å². The standard InChI is InChI=1S/C13H13ClFN3O2S/c1-16-12-4-5-17-8-13(12)21(19,20)18-7-9-2-3-11(15)10(14)6-9/h2-6,8,18H,7H2,1H3,(H,16,17). The second kappa shape index (κ2) is 6.38. The molecule has 0 bridgehead atoms. The number of sulfonamides is 1. The van der Waals surface area contributed by atoms with Crippen LogP contribution in [0.3, 0.4) is 0 Å². The van der Waals surface area contributed by atoms with Crippen molar-refractivity contribution >= 4 is 27.3 Å². The minimum Gasteiger partial charge on any atom is -0.387 e. The Hall–Kier alpha value is -1.70. The summed E-state index contributed by atoms with van der Waals surface area (Å²) < 4.78 is 40.0. The number of halogens is 2. The lowest BCUT2D eigenvalue weighted by Crippen LogP contribution is -2.24. The zero-order valence-corrected chi connectivity index (χ0v) is 12.7. The second-order valence-corrected chi connectivity index (χ2v) is 6.34. The maximum absolute atomic E-state index is 13.0. The highest BCUT2D eigenvalue weighted by atomic mass is 35.5. The number of aromatic nitrogens is 1. The Bertz CT molecular complexity index is 753. The largest absolute Gasteiger partial charge is 0.387 e. The van der Waals surface area contributed by atoms with Gasteiger partial charge >= 0.3 is 0 Å². The Morgan fingerprint density at radius 2 is 2.10 bits per heavy atom. The molecule has 0 saturated carbocycles. The minimum absolute atomic E-state index is 0.000379. The van der Waals surface area contributed by atoms with Gasteiger partial charge in [-0.25, -0.2) is 17.5 Å². The third-order valence-electron chi connectivity index (χ3n) is 2.79. The quantitative estimate of drug-likeness (QED) is 0.883. The summed E-state index contributed by atoms with van der Waals surface area (Å²) in [6, 6.07) is 5.59. The summed E-state index contributed by atoms with van der Waals surface area (Å²) in [5.74, 6) is -0.548. The topological polar surface area (TPSA) is 71.1 Å². The number of rotatable bonds is 5. The molecular formula is C13H13ClFN3O2S. The van der Waals surface area contributed by atoms with Gasteiger partial charge in [-0.05, 0) is 23.8 Å². The second-order valence-electron chi connectivity index (χ2n) is 4.19. The number of pyridine rings is 1. The number of benzene rings is 1. The van der Waals surface area contributed by atoms with Crippen LogP contribution in [0.4, 0.5) is 10.1 Å². The normalized spacial score (nSPS) is 11.4. The molecule has 0 fully saturated rings. The molecule has 0 aliphatic rings. The minimum atomic E-state index is -3.74. The Balaban J connectivity index is 2.20. The van der Waals surface area contributed by atoms with Gasteiger partial charge < -0.3 is 5.32 Å². The zero-order chi connectivity index (χ0) is 15.5. The molecule has 0 spiro atoms. The van der Waals surface area contributed by atoms with Crippen LogP contribution in [0, 0.1) is 5.82 Å². The van der Waals surface area contributed by atoms with Crippen molar-refractivity contribution in [1.82, 2.24) is 9.71 Å². The van der Waals surface area contributed by atoms with E-state index < -0.39 is 15.8 Å². The summed E-state index contributed by atoms with van der Waals surface area (Å²) in [5.41, 5.74) is 0.995.